The molecular formula is C12H19N3O4S. The fourth-order valence-electron chi connectivity index (χ4n) is 1.66. The second-order valence-electron chi connectivity index (χ2n) is 5.33. The average Bonchev–Trinajstić information content (AvgIpc) is 2.25. The Balaban J connectivity index is 3.34. The smallest absolute Gasteiger partial charge is 0.291 e. The zero-order valence-electron chi connectivity index (χ0n) is 11.9. The van der Waals surface area contributed by atoms with Crippen LogP contribution < -0.4 is 10.0 Å². The number of nitrogens with one attached hydrogen (secondary N) is 2. The van der Waals surface area contributed by atoms with Gasteiger partial charge in [-0.1, -0.05) is 0 Å². The van der Waals surface area contributed by atoms with E-state index in [0.717, 1.165) is 0 Å². The molecule has 1 aromatic carbocycles. The molecule has 0 atom stereocenters. The van der Waals surface area contributed by atoms with E-state index in [-0.39, 0.29) is 4.90 Å². The number of hydrogen-bond donors (Lipinski definition) is 2. The van der Waals surface area contributed by atoms with Crippen LogP contribution in [-0.4, -0.2) is 25.4 Å². The SMILES string of the molecule is CCNc1ccc(S(=O)(=O)NC(C)(C)C)c([N+](=O)[O-])c1. The van der Waals surface area contributed by atoms with Crippen LogP contribution in [0, 0.1) is 10.1 Å². The molecule has 1 aromatic rings. The van der Waals surface area contributed by atoms with Crippen LogP contribution >= 0.6 is 0 Å². The molecule has 7 nitrogen and oxygen atoms in total. The third-order valence-electron chi connectivity index (χ3n) is 2.27. The molecule has 0 aliphatic heterocycles. The van der Waals surface area contributed by atoms with Crippen molar-refractivity contribution in [2.45, 2.75) is 38.1 Å². The first-order valence-corrected chi connectivity index (χ1v) is 7.61. The minimum atomic E-state index is -3.94. The van der Waals surface area contributed by atoms with Crippen LogP contribution in [-0.2, 0) is 10.0 Å². The molecule has 8 heteroatoms. The highest BCUT2D eigenvalue weighted by Crippen LogP contribution is 2.28. The van der Waals surface area contributed by atoms with E-state index < -0.39 is 26.2 Å². The molecule has 0 amide bonds. The fraction of sp³-hybridized carbons (Fsp3) is 0.500. The van der Waals surface area contributed by atoms with Crippen molar-refractivity contribution in [2.24, 2.45) is 0 Å². The first-order chi connectivity index (χ1) is 9.07. The van der Waals surface area contributed by atoms with Crippen LogP contribution in [0.25, 0.3) is 0 Å². The number of benzene rings is 1. The lowest BCUT2D eigenvalue weighted by Crippen LogP contribution is -2.40. The van der Waals surface area contributed by atoms with Gasteiger partial charge in [0, 0.05) is 23.8 Å². The molecule has 0 spiro atoms. The maximum Gasteiger partial charge on any atom is 0.291 e. The summed E-state index contributed by atoms with van der Waals surface area (Å²) < 4.78 is 26.8. The summed E-state index contributed by atoms with van der Waals surface area (Å²) >= 11 is 0. The molecule has 0 radical (unpaired) electrons. The molecule has 0 heterocycles. The molecule has 0 aromatic heterocycles. The summed E-state index contributed by atoms with van der Waals surface area (Å²) in [4.78, 5) is 10.0. The Morgan fingerprint density at radius 2 is 1.90 bits per heavy atom. The van der Waals surface area contributed by atoms with Gasteiger partial charge in [0.25, 0.3) is 5.69 Å². The number of nitrogens with zero attached hydrogens (tertiary/aromatic N) is 1. The topological polar surface area (TPSA) is 101 Å². The molecule has 0 saturated carbocycles. The Labute approximate surface area is 118 Å². The fourth-order valence-corrected chi connectivity index (χ4v) is 3.23. The molecule has 112 valence electrons. The zero-order chi connectivity index (χ0) is 15.6. The summed E-state index contributed by atoms with van der Waals surface area (Å²) in [5.74, 6) is 0. The monoisotopic (exact) mass is 301 g/mol. The van der Waals surface area contributed by atoms with Crippen molar-refractivity contribution in [3.8, 4) is 0 Å². The molecule has 2 N–H and O–H groups in total. The van der Waals surface area contributed by atoms with Gasteiger partial charge in [-0.15, -0.1) is 0 Å². The van der Waals surface area contributed by atoms with Gasteiger partial charge in [-0.05, 0) is 39.8 Å². The largest absolute Gasteiger partial charge is 0.385 e. The van der Waals surface area contributed by atoms with Gasteiger partial charge < -0.3 is 5.32 Å². The van der Waals surface area contributed by atoms with Gasteiger partial charge in [-0.3, -0.25) is 10.1 Å². The van der Waals surface area contributed by atoms with Gasteiger partial charge >= 0.3 is 0 Å². The van der Waals surface area contributed by atoms with Crippen molar-refractivity contribution < 1.29 is 13.3 Å². The van der Waals surface area contributed by atoms with E-state index in [1.54, 1.807) is 20.8 Å². The highest BCUT2D eigenvalue weighted by molar-refractivity contribution is 7.89. The third-order valence-corrected chi connectivity index (χ3v) is 4.07. The van der Waals surface area contributed by atoms with Crippen molar-refractivity contribution in [3.63, 3.8) is 0 Å². The summed E-state index contributed by atoms with van der Waals surface area (Å²) in [5, 5.41) is 14.0. The first kappa shape index (κ1) is 16.4. The summed E-state index contributed by atoms with van der Waals surface area (Å²) in [7, 11) is -3.94. The van der Waals surface area contributed by atoms with Gasteiger partial charge in [-0.2, -0.15) is 0 Å². The molecule has 0 aliphatic rings. The number of sulfonamides is 1. The molecule has 20 heavy (non-hydrogen) atoms. The molecular weight excluding hydrogens is 282 g/mol. The Hall–Kier alpha value is -1.67. The van der Waals surface area contributed by atoms with Crippen molar-refractivity contribution in [1.82, 2.24) is 4.72 Å². The molecule has 1 rings (SSSR count). The Kier molecular flexibility index (Phi) is 4.72. The zero-order valence-corrected chi connectivity index (χ0v) is 12.7. The van der Waals surface area contributed by atoms with E-state index >= 15 is 0 Å². The van der Waals surface area contributed by atoms with Crippen molar-refractivity contribution in [1.29, 1.82) is 0 Å². The van der Waals surface area contributed by atoms with Crippen LogP contribution in [0.15, 0.2) is 23.1 Å². The Morgan fingerprint density at radius 1 is 1.30 bits per heavy atom. The predicted octanol–water partition coefficient (Wildman–Crippen LogP) is 2.10. The lowest BCUT2D eigenvalue weighted by molar-refractivity contribution is -0.387. The average molecular weight is 301 g/mol. The first-order valence-electron chi connectivity index (χ1n) is 6.13. The standard InChI is InChI=1S/C12H19N3O4S/c1-5-13-9-6-7-11(10(8-9)15(16)17)20(18,19)14-12(2,3)4/h6-8,13-14H,5H2,1-4H3. The van der Waals surface area contributed by atoms with Gasteiger partial charge in [0.2, 0.25) is 10.0 Å². The van der Waals surface area contributed by atoms with Crippen LogP contribution in [0.1, 0.15) is 27.7 Å². The van der Waals surface area contributed by atoms with E-state index in [9.17, 15) is 18.5 Å². The molecule has 0 fully saturated rings. The van der Waals surface area contributed by atoms with Gasteiger partial charge in [0.15, 0.2) is 4.90 Å². The number of nitro benzene ring substituents is 1. The van der Waals surface area contributed by atoms with Crippen LogP contribution in [0.3, 0.4) is 0 Å². The predicted molar refractivity (Wildman–Crippen MR) is 77.3 cm³/mol. The lowest BCUT2D eigenvalue weighted by atomic mass is 10.1. The minimum absolute atomic E-state index is 0.334. The van der Waals surface area contributed by atoms with E-state index in [1.165, 1.54) is 18.2 Å². The Morgan fingerprint density at radius 3 is 2.35 bits per heavy atom. The van der Waals surface area contributed by atoms with E-state index in [2.05, 4.69) is 10.0 Å². The highest BCUT2D eigenvalue weighted by atomic mass is 32.2. The number of hydrogen-bond acceptors (Lipinski definition) is 5. The summed E-state index contributed by atoms with van der Waals surface area (Å²) in [6.07, 6.45) is 0. The van der Waals surface area contributed by atoms with E-state index in [4.69, 9.17) is 0 Å². The second kappa shape index (κ2) is 5.76. The summed E-state index contributed by atoms with van der Waals surface area (Å²) in [6.45, 7) is 7.44. The third kappa shape index (κ3) is 4.17. The number of rotatable bonds is 5. The van der Waals surface area contributed by atoms with Gasteiger partial charge in [0.1, 0.15) is 0 Å². The maximum absolute atomic E-state index is 12.2. The van der Waals surface area contributed by atoms with Crippen molar-refractivity contribution >= 4 is 21.4 Å². The van der Waals surface area contributed by atoms with Crippen molar-refractivity contribution in [2.75, 3.05) is 11.9 Å². The maximum atomic E-state index is 12.2. The molecule has 0 saturated heterocycles. The van der Waals surface area contributed by atoms with Crippen LogP contribution in [0.4, 0.5) is 11.4 Å². The van der Waals surface area contributed by atoms with Gasteiger partial charge in [0.05, 0.1) is 4.92 Å². The number of anilines is 1. The van der Waals surface area contributed by atoms with Crippen LogP contribution in [0.5, 0.6) is 0 Å². The van der Waals surface area contributed by atoms with E-state index in [1.807, 2.05) is 6.92 Å². The highest BCUT2D eigenvalue weighted by Gasteiger charge is 2.29. The second-order valence-corrected chi connectivity index (χ2v) is 6.98. The van der Waals surface area contributed by atoms with Crippen LogP contribution in [0.2, 0.25) is 0 Å². The quantitative estimate of drug-likeness (QED) is 0.640. The molecule has 0 unspecified atom stereocenters. The summed E-state index contributed by atoms with van der Waals surface area (Å²) in [5.41, 5.74) is -0.651. The Bertz CT molecular complexity index is 606. The normalized spacial score (nSPS) is 12.2. The summed E-state index contributed by atoms with van der Waals surface area (Å²) in [6, 6.07) is 3.97. The number of nitro groups is 1. The lowest BCUT2D eigenvalue weighted by Gasteiger charge is -2.20. The minimum Gasteiger partial charge on any atom is -0.385 e. The molecule has 0 bridgehead atoms. The molecule has 0 aliphatic carbocycles. The van der Waals surface area contributed by atoms with E-state index in [0.29, 0.717) is 12.2 Å². The van der Waals surface area contributed by atoms with Gasteiger partial charge in [-0.25, -0.2) is 13.1 Å². The van der Waals surface area contributed by atoms with Crippen molar-refractivity contribution in [3.05, 3.63) is 28.3 Å².